The van der Waals surface area contributed by atoms with Gasteiger partial charge in [-0.2, -0.15) is 0 Å². The number of anilines is 2. The Hall–Kier alpha value is -5.35. The van der Waals surface area contributed by atoms with Crippen molar-refractivity contribution in [2.45, 2.75) is 6.92 Å². The normalized spacial score (nSPS) is 14.0. The summed E-state index contributed by atoms with van der Waals surface area (Å²) in [6, 6.07) is 19.6. The molecular formula is C34H30FN7O2. The Morgan fingerprint density at radius 2 is 1.75 bits per heavy atom. The minimum atomic E-state index is -0.545. The standard InChI is InChI=1S/C34H30FN7O2/c1-19-22(4-3-5-27(19)40-33-26-17-21(35)7-11-28(26)37-18-38-33)23-9-10-25(32(36)43)31-30(23)24-8-6-20(16-29(24)39-31)34(44)42-14-12-41(2)13-15-42/h3-11,16-18,39H,12-15H2,1-2H3,(H2,36,43)(H,37,38,40). The number of hydrogen-bond donors (Lipinski definition) is 3. The van der Waals surface area contributed by atoms with Crippen LogP contribution in [-0.2, 0) is 0 Å². The molecule has 9 nitrogen and oxygen atoms in total. The Morgan fingerprint density at radius 3 is 2.55 bits per heavy atom. The Balaban J connectivity index is 1.34. The summed E-state index contributed by atoms with van der Waals surface area (Å²) in [4.78, 5) is 42.0. The number of aromatic nitrogens is 3. The number of aromatic amines is 1. The van der Waals surface area contributed by atoms with Crippen LogP contribution in [0.2, 0.25) is 0 Å². The number of amides is 2. The van der Waals surface area contributed by atoms with Crippen molar-refractivity contribution in [1.29, 1.82) is 0 Å². The summed E-state index contributed by atoms with van der Waals surface area (Å²) in [7, 11) is 2.05. The number of nitrogens with zero attached hydrogens (tertiary/aromatic N) is 4. The summed E-state index contributed by atoms with van der Waals surface area (Å²) < 4.78 is 14.1. The Bertz CT molecular complexity index is 2110. The summed E-state index contributed by atoms with van der Waals surface area (Å²) in [5, 5.41) is 5.66. The minimum Gasteiger partial charge on any atom is -0.366 e. The smallest absolute Gasteiger partial charge is 0.254 e. The number of nitrogens with one attached hydrogen (secondary N) is 2. The third-order valence-electron chi connectivity index (χ3n) is 8.53. The van der Waals surface area contributed by atoms with E-state index in [0.717, 1.165) is 51.8 Å². The lowest BCUT2D eigenvalue weighted by Gasteiger charge is -2.32. The maximum absolute atomic E-state index is 14.1. The average Bonchev–Trinajstić information content (AvgIpc) is 3.41. The highest BCUT2D eigenvalue weighted by atomic mass is 19.1. The molecule has 44 heavy (non-hydrogen) atoms. The highest BCUT2D eigenvalue weighted by Gasteiger charge is 2.23. The van der Waals surface area contributed by atoms with E-state index in [1.54, 1.807) is 12.1 Å². The molecular weight excluding hydrogens is 557 g/mol. The molecule has 3 heterocycles. The predicted octanol–water partition coefficient (Wildman–Crippen LogP) is 5.61. The monoisotopic (exact) mass is 587 g/mol. The van der Waals surface area contributed by atoms with E-state index in [-0.39, 0.29) is 11.7 Å². The van der Waals surface area contributed by atoms with Gasteiger partial charge >= 0.3 is 0 Å². The fourth-order valence-electron chi connectivity index (χ4n) is 6.09. The van der Waals surface area contributed by atoms with Crippen molar-refractivity contribution in [1.82, 2.24) is 24.8 Å². The molecule has 2 aromatic heterocycles. The maximum Gasteiger partial charge on any atom is 0.254 e. The minimum absolute atomic E-state index is 0.0132. The number of H-pyrrole nitrogens is 1. The largest absolute Gasteiger partial charge is 0.366 e. The number of rotatable bonds is 5. The zero-order valence-corrected chi connectivity index (χ0v) is 24.3. The van der Waals surface area contributed by atoms with Gasteiger partial charge in [0.1, 0.15) is 18.0 Å². The molecule has 1 saturated heterocycles. The van der Waals surface area contributed by atoms with Crippen molar-refractivity contribution in [3.05, 3.63) is 95.6 Å². The first kappa shape index (κ1) is 27.5. The van der Waals surface area contributed by atoms with Crippen molar-refractivity contribution in [3.63, 3.8) is 0 Å². The SMILES string of the molecule is Cc1c(Nc2ncnc3ccc(F)cc23)cccc1-c1ccc(C(N)=O)c2[nH]c3cc(C(=O)N4CCN(C)CC4)ccc3c12. The van der Waals surface area contributed by atoms with Gasteiger partial charge in [0.05, 0.1) is 16.6 Å². The molecule has 1 aliphatic heterocycles. The second kappa shape index (κ2) is 10.7. The van der Waals surface area contributed by atoms with Crippen LogP contribution in [0.1, 0.15) is 26.3 Å². The molecule has 4 aromatic carbocycles. The number of hydrogen-bond acceptors (Lipinski definition) is 6. The molecule has 0 bridgehead atoms. The number of carbonyl (C=O) groups is 2. The summed E-state index contributed by atoms with van der Waals surface area (Å²) >= 11 is 0. The van der Waals surface area contributed by atoms with Gasteiger partial charge in [0, 0.05) is 59.1 Å². The summed E-state index contributed by atoms with van der Waals surface area (Å²) in [6.45, 7) is 5.03. The van der Waals surface area contributed by atoms with E-state index in [1.165, 1.54) is 18.5 Å². The van der Waals surface area contributed by atoms with Crippen LogP contribution in [0.5, 0.6) is 0 Å². The van der Waals surface area contributed by atoms with Gasteiger partial charge in [-0.05, 0) is 73.1 Å². The Morgan fingerprint density at radius 1 is 0.932 bits per heavy atom. The first-order valence-corrected chi connectivity index (χ1v) is 14.4. The zero-order chi connectivity index (χ0) is 30.5. The number of benzene rings is 4. The molecule has 0 aliphatic carbocycles. The number of piperazine rings is 1. The molecule has 10 heteroatoms. The Labute approximate surface area is 252 Å². The second-order valence-corrected chi connectivity index (χ2v) is 11.2. The molecule has 0 spiro atoms. The molecule has 2 amide bonds. The van der Waals surface area contributed by atoms with Gasteiger partial charge in [0.2, 0.25) is 0 Å². The van der Waals surface area contributed by atoms with E-state index in [0.29, 0.717) is 46.5 Å². The first-order chi connectivity index (χ1) is 21.3. The van der Waals surface area contributed by atoms with Crippen molar-refractivity contribution < 1.29 is 14.0 Å². The van der Waals surface area contributed by atoms with Gasteiger partial charge in [-0.15, -0.1) is 0 Å². The number of fused-ring (bicyclic) bond motifs is 4. The third kappa shape index (κ3) is 4.69. The summed E-state index contributed by atoms with van der Waals surface area (Å²) in [5.41, 5.74) is 12.3. The second-order valence-electron chi connectivity index (χ2n) is 11.2. The fourth-order valence-corrected chi connectivity index (χ4v) is 6.09. The number of primary amides is 1. The molecule has 0 atom stereocenters. The van der Waals surface area contributed by atoms with E-state index in [1.807, 2.05) is 54.3 Å². The van der Waals surface area contributed by atoms with Gasteiger partial charge < -0.3 is 25.8 Å². The summed E-state index contributed by atoms with van der Waals surface area (Å²) in [5.74, 6) is -0.434. The fraction of sp³-hybridized carbons (Fsp3) is 0.176. The molecule has 0 unspecified atom stereocenters. The highest BCUT2D eigenvalue weighted by Crippen LogP contribution is 2.40. The summed E-state index contributed by atoms with van der Waals surface area (Å²) in [6.07, 6.45) is 1.45. The van der Waals surface area contributed by atoms with Crippen LogP contribution in [0.3, 0.4) is 0 Å². The van der Waals surface area contributed by atoms with E-state index >= 15 is 0 Å². The van der Waals surface area contributed by atoms with Gasteiger partial charge in [0.15, 0.2) is 0 Å². The van der Waals surface area contributed by atoms with Gasteiger partial charge in [0.25, 0.3) is 11.8 Å². The molecule has 0 radical (unpaired) electrons. The molecule has 6 aromatic rings. The van der Waals surface area contributed by atoms with E-state index in [2.05, 4.69) is 32.2 Å². The first-order valence-electron chi connectivity index (χ1n) is 14.4. The lowest BCUT2D eigenvalue weighted by molar-refractivity contribution is 0.0664. The topological polar surface area (TPSA) is 120 Å². The van der Waals surface area contributed by atoms with Crippen LogP contribution >= 0.6 is 0 Å². The molecule has 4 N–H and O–H groups in total. The maximum atomic E-state index is 14.1. The highest BCUT2D eigenvalue weighted by molar-refractivity contribution is 6.20. The molecule has 1 fully saturated rings. The van der Waals surface area contributed by atoms with Crippen molar-refractivity contribution in [2.24, 2.45) is 5.73 Å². The van der Waals surface area contributed by atoms with Crippen LogP contribution in [0.25, 0.3) is 43.8 Å². The average molecular weight is 588 g/mol. The van der Waals surface area contributed by atoms with Gasteiger partial charge in [-0.1, -0.05) is 24.3 Å². The molecule has 7 rings (SSSR count). The van der Waals surface area contributed by atoms with Gasteiger partial charge in [-0.25, -0.2) is 14.4 Å². The quantitative estimate of drug-likeness (QED) is 0.241. The van der Waals surface area contributed by atoms with E-state index in [9.17, 15) is 14.0 Å². The van der Waals surface area contributed by atoms with Crippen molar-refractivity contribution >= 4 is 56.0 Å². The van der Waals surface area contributed by atoms with Gasteiger partial charge in [-0.3, -0.25) is 9.59 Å². The van der Waals surface area contributed by atoms with E-state index < -0.39 is 5.91 Å². The van der Waals surface area contributed by atoms with E-state index in [4.69, 9.17) is 5.73 Å². The van der Waals surface area contributed by atoms with Crippen LogP contribution in [0, 0.1) is 12.7 Å². The van der Waals surface area contributed by atoms with Crippen LogP contribution in [-0.4, -0.2) is 69.8 Å². The van der Waals surface area contributed by atoms with Crippen LogP contribution in [0.15, 0.2) is 73.1 Å². The van der Waals surface area contributed by atoms with Crippen LogP contribution in [0.4, 0.5) is 15.9 Å². The molecule has 1 aliphatic rings. The molecule has 220 valence electrons. The van der Waals surface area contributed by atoms with Crippen LogP contribution < -0.4 is 11.1 Å². The number of carbonyl (C=O) groups excluding carboxylic acids is 2. The lowest BCUT2D eigenvalue weighted by atomic mass is 9.93. The number of halogens is 1. The Kier molecular flexibility index (Phi) is 6.70. The number of nitrogens with two attached hydrogens (primary N) is 1. The predicted molar refractivity (Wildman–Crippen MR) is 171 cm³/mol. The number of likely N-dealkylation sites (N-methyl/N-ethyl adjacent to an activating group) is 1. The lowest BCUT2D eigenvalue weighted by Crippen LogP contribution is -2.47. The molecule has 0 saturated carbocycles. The zero-order valence-electron chi connectivity index (χ0n) is 24.3. The third-order valence-corrected chi connectivity index (χ3v) is 8.53. The van der Waals surface area contributed by atoms with Crippen molar-refractivity contribution in [3.8, 4) is 11.1 Å². The van der Waals surface area contributed by atoms with Crippen molar-refractivity contribution in [2.75, 3.05) is 38.5 Å².